The van der Waals surface area contributed by atoms with Crippen molar-refractivity contribution in [3.63, 3.8) is 0 Å². The van der Waals surface area contributed by atoms with Crippen molar-refractivity contribution in [1.29, 1.82) is 0 Å². The van der Waals surface area contributed by atoms with Gasteiger partial charge in [-0.15, -0.1) is 0 Å². The monoisotopic (exact) mass is 134 g/mol. The van der Waals surface area contributed by atoms with Crippen molar-refractivity contribution >= 4 is 10.5 Å². The lowest BCUT2D eigenvalue weighted by Crippen LogP contribution is -2.11. The average Bonchev–Trinajstić information content (AvgIpc) is 1.83. The second kappa shape index (κ2) is 5.28. The summed E-state index contributed by atoms with van der Waals surface area (Å²) >= 11 is 0. The van der Waals surface area contributed by atoms with Crippen LogP contribution in [0.2, 0.25) is 0 Å². The van der Waals surface area contributed by atoms with Gasteiger partial charge in [0.2, 0.25) is 0 Å². The van der Waals surface area contributed by atoms with Crippen LogP contribution in [0.15, 0.2) is 0 Å². The second-order valence-electron chi connectivity index (χ2n) is 1.67. The summed E-state index contributed by atoms with van der Waals surface area (Å²) in [5.41, 5.74) is 0. The van der Waals surface area contributed by atoms with Crippen LogP contribution in [0.5, 0.6) is 0 Å². The molecular formula is C5H14O2Si. The highest BCUT2D eigenvalue weighted by Crippen LogP contribution is 1.90. The lowest BCUT2D eigenvalue weighted by atomic mass is 10.5. The van der Waals surface area contributed by atoms with Crippen LogP contribution in [0.1, 0.15) is 20.3 Å². The molecule has 0 saturated carbocycles. The molecule has 0 amide bonds. The molecule has 2 nitrogen and oxygen atoms in total. The summed E-state index contributed by atoms with van der Waals surface area (Å²) in [6.07, 6.45) is 1.08. The zero-order valence-corrected chi connectivity index (χ0v) is 7.81. The third kappa shape index (κ3) is 4.30. The molecule has 0 rings (SSSR count). The van der Waals surface area contributed by atoms with E-state index in [1.807, 2.05) is 6.92 Å². The van der Waals surface area contributed by atoms with Gasteiger partial charge in [0.25, 0.3) is 0 Å². The highest BCUT2D eigenvalue weighted by atomic mass is 28.2. The van der Waals surface area contributed by atoms with E-state index in [9.17, 15) is 0 Å². The van der Waals surface area contributed by atoms with E-state index in [-0.39, 0.29) is 6.29 Å². The molecule has 50 valence electrons. The molecule has 1 atom stereocenters. The van der Waals surface area contributed by atoms with Gasteiger partial charge in [0.15, 0.2) is 0 Å². The minimum atomic E-state index is 0.0154. The average molecular weight is 134 g/mol. The number of hydrogen-bond donors (Lipinski definition) is 0. The molecule has 0 aliphatic carbocycles. The van der Waals surface area contributed by atoms with Crippen molar-refractivity contribution in [2.75, 3.05) is 6.61 Å². The third-order valence-corrected chi connectivity index (χ3v) is 1.55. The van der Waals surface area contributed by atoms with E-state index in [0.29, 0.717) is 0 Å². The van der Waals surface area contributed by atoms with Crippen molar-refractivity contribution in [1.82, 2.24) is 0 Å². The fourth-order valence-electron chi connectivity index (χ4n) is 0.352. The fraction of sp³-hybridized carbons (Fsp3) is 1.00. The van der Waals surface area contributed by atoms with Crippen molar-refractivity contribution in [2.24, 2.45) is 0 Å². The molecule has 0 bridgehead atoms. The van der Waals surface area contributed by atoms with E-state index in [0.717, 1.165) is 23.5 Å². The SMILES string of the molecule is CCCOC(C)O[SiH3]. The summed E-state index contributed by atoms with van der Waals surface area (Å²) in [7, 11) is 0.765. The minimum Gasteiger partial charge on any atom is -0.404 e. The Morgan fingerprint density at radius 2 is 2.25 bits per heavy atom. The van der Waals surface area contributed by atoms with Gasteiger partial charge < -0.3 is 9.16 Å². The van der Waals surface area contributed by atoms with E-state index in [1.54, 1.807) is 0 Å². The van der Waals surface area contributed by atoms with Crippen molar-refractivity contribution in [3.8, 4) is 0 Å². The Labute approximate surface area is 53.7 Å². The van der Waals surface area contributed by atoms with Crippen LogP contribution in [-0.4, -0.2) is 23.4 Å². The van der Waals surface area contributed by atoms with Gasteiger partial charge >= 0.3 is 0 Å². The second-order valence-corrected chi connectivity index (χ2v) is 2.15. The fourth-order valence-corrected chi connectivity index (χ4v) is 0.488. The quantitative estimate of drug-likeness (QED) is 0.400. The van der Waals surface area contributed by atoms with E-state index >= 15 is 0 Å². The maximum Gasteiger partial charge on any atom is 0.149 e. The highest BCUT2D eigenvalue weighted by Gasteiger charge is 1.93. The van der Waals surface area contributed by atoms with Gasteiger partial charge in [-0.3, -0.25) is 0 Å². The molecule has 0 aromatic rings. The first-order chi connectivity index (χ1) is 3.81. The molecule has 0 heterocycles. The van der Waals surface area contributed by atoms with Gasteiger partial charge in [-0.05, 0) is 13.3 Å². The van der Waals surface area contributed by atoms with Gasteiger partial charge in [-0.1, -0.05) is 6.92 Å². The molecule has 3 heteroatoms. The van der Waals surface area contributed by atoms with Crippen LogP contribution in [0.3, 0.4) is 0 Å². The Morgan fingerprint density at radius 3 is 2.62 bits per heavy atom. The molecule has 0 aromatic carbocycles. The molecule has 0 fully saturated rings. The van der Waals surface area contributed by atoms with Gasteiger partial charge in [-0.2, -0.15) is 0 Å². The summed E-state index contributed by atoms with van der Waals surface area (Å²) in [5.74, 6) is 0. The van der Waals surface area contributed by atoms with Crippen LogP contribution in [0, 0.1) is 0 Å². The molecule has 0 aromatic heterocycles. The summed E-state index contributed by atoms with van der Waals surface area (Å²) < 4.78 is 10.1. The summed E-state index contributed by atoms with van der Waals surface area (Å²) in [5, 5.41) is 0. The Morgan fingerprint density at radius 1 is 1.62 bits per heavy atom. The van der Waals surface area contributed by atoms with Crippen molar-refractivity contribution in [2.45, 2.75) is 26.6 Å². The van der Waals surface area contributed by atoms with Crippen LogP contribution in [0.4, 0.5) is 0 Å². The summed E-state index contributed by atoms with van der Waals surface area (Å²) in [6, 6.07) is 0. The van der Waals surface area contributed by atoms with Gasteiger partial charge in [0.1, 0.15) is 16.8 Å². The normalized spacial score (nSPS) is 14.2. The Bertz CT molecular complexity index is 49.7. The molecule has 8 heavy (non-hydrogen) atoms. The standard InChI is InChI=1S/C5H14O2Si/c1-3-4-6-5(2)7-8/h5H,3-4H2,1-2,8H3. The Kier molecular flexibility index (Phi) is 5.37. The van der Waals surface area contributed by atoms with Gasteiger partial charge in [-0.25, -0.2) is 0 Å². The van der Waals surface area contributed by atoms with Crippen LogP contribution in [0.25, 0.3) is 0 Å². The molecule has 0 aliphatic rings. The minimum absolute atomic E-state index is 0.0154. The molecule has 0 spiro atoms. The number of hydrogen-bond acceptors (Lipinski definition) is 2. The van der Waals surface area contributed by atoms with Crippen molar-refractivity contribution < 1.29 is 9.16 Å². The zero-order valence-electron chi connectivity index (χ0n) is 5.81. The highest BCUT2D eigenvalue weighted by molar-refractivity contribution is 5.98. The Balaban J connectivity index is 2.86. The lowest BCUT2D eigenvalue weighted by molar-refractivity contribution is -0.0624. The molecular weight excluding hydrogens is 120 g/mol. The van der Waals surface area contributed by atoms with Gasteiger partial charge in [0, 0.05) is 6.61 Å². The van der Waals surface area contributed by atoms with Crippen LogP contribution < -0.4 is 0 Å². The molecule has 0 radical (unpaired) electrons. The predicted octanol–water partition coefficient (Wildman–Crippen LogP) is 0.0560. The molecule has 0 aliphatic heterocycles. The summed E-state index contributed by atoms with van der Waals surface area (Å²) in [4.78, 5) is 0. The first kappa shape index (κ1) is 8.14. The molecule has 0 saturated heterocycles. The maximum atomic E-state index is 5.15. The van der Waals surface area contributed by atoms with Gasteiger partial charge in [0.05, 0.1) is 0 Å². The third-order valence-electron chi connectivity index (χ3n) is 0.889. The summed E-state index contributed by atoms with van der Waals surface area (Å²) in [6.45, 7) is 4.81. The molecule has 1 unspecified atom stereocenters. The number of ether oxygens (including phenoxy) is 1. The van der Waals surface area contributed by atoms with Crippen LogP contribution >= 0.6 is 0 Å². The van der Waals surface area contributed by atoms with E-state index < -0.39 is 0 Å². The maximum absolute atomic E-state index is 5.15. The number of rotatable bonds is 4. The predicted molar refractivity (Wildman–Crippen MR) is 36.7 cm³/mol. The van der Waals surface area contributed by atoms with E-state index in [4.69, 9.17) is 9.16 Å². The largest absolute Gasteiger partial charge is 0.404 e. The van der Waals surface area contributed by atoms with E-state index in [1.165, 1.54) is 0 Å². The first-order valence-corrected chi connectivity index (χ1v) is 3.77. The van der Waals surface area contributed by atoms with E-state index in [2.05, 4.69) is 6.92 Å². The first-order valence-electron chi connectivity index (χ1n) is 2.95. The smallest absolute Gasteiger partial charge is 0.149 e. The lowest BCUT2D eigenvalue weighted by Gasteiger charge is -2.09. The van der Waals surface area contributed by atoms with Crippen LogP contribution in [-0.2, 0) is 9.16 Å². The van der Waals surface area contributed by atoms with Crippen molar-refractivity contribution in [3.05, 3.63) is 0 Å². The molecule has 0 N–H and O–H groups in total. The Hall–Kier alpha value is 0.137. The zero-order chi connectivity index (χ0) is 6.41. The topological polar surface area (TPSA) is 18.5 Å².